The number of H-pyrrole nitrogens is 1. The molecule has 3 N–H and O–H groups in total. The van der Waals surface area contributed by atoms with E-state index in [0.717, 1.165) is 23.0 Å². The standard InChI is InChI=1S/C16H19ClFN3O2/c1-9-12(10(2)21-20-9)4-6-16(23)19-8-15(22)11-3-5-13(17)14(18)7-11/h3,5,7,15,22H,4,6,8H2,1-2H3,(H,19,23)(H,20,21). The summed E-state index contributed by atoms with van der Waals surface area (Å²) in [6, 6.07) is 4.07. The number of carbonyl (C=O) groups excluding carboxylic acids is 1. The molecule has 1 aromatic carbocycles. The van der Waals surface area contributed by atoms with Crippen LogP contribution in [0.3, 0.4) is 0 Å². The second-order valence-corrected chi connectivity index (χ2v) is 5.81. The Bertz CT molecular complexity index is 683. The van der Waals surface area contributed by atoms with Gasteiger partial charge in [-0.05, 0) is 43.5 Å². The third kappa shape index (κ3) is 4.53. The Morgan fingerprint density at radius 1 is 1.48 bits per heavy atom. The Balaban J connectivity index is 1.83. The third-order valence-corrected chi connectivity index (χ3v) is 4.01. The fraction of sp³-hybridized carbons (Fsp3) is 0.375. The number of aromatic nitrogens is 2. The van der Waals surface area contributed by atoms with Crippen molar-refractivity contribution in [2.45, 2.75) is 32.8 Å². The molecule has 0 fully saturated rings. The molecule has 0 radical (unpaired) electrons. The molecule has 0 aliphatic rings. The van der Waals surface area contributed by atoms with Gasteiger partial charge in [-0.1, -0.05) is 17.7 Å². The minimum Gasteiger partial charge on any atom is -0.387 e. The molecule has 23 heavy (non-hydrogen) atoms. The van der Waals surface area contributed by atoms with Crippen LogP contribution in [0.2, 0.25) is 5.02 Å². The molecule has 0 bridgehead atoms. The molecule has 1 atom stereocenters. The number of benzene rings is 1. The molecule has 2 rings (SSSR count). The van der Waals surface area contributed by atoms with Crippen LogP contribution in [0.4, 0.5) is 4.39 Å². The zero-order valence-corrected chi connectivity index (χ0v) is 13.7. The minimum atomic E-state index is -0.983. The molecule has 0 saturated heterocycles. The summed E-state index contributed by atoms with van der Waals surface area (Å²) < 4.78 is 13.4. The van der Waals surface area contributed by atoms with Crippen LogP contribution in [0.1, 0.15) is 35.0 Å². The summed E-state index contributed by atoms with van der Waals surface area (Å²) in [5, 5.41) is 19.6. The highest BCUT2D eigenvalue weighted by Gasteiger charge is 2.13. The first-order valence-electron chi connectivity index (χ1n) is 7.28. The normalized spacial score (nSPS) is 12.2. The summed E-state index contributed by atoms with van der Waals surface area (Å²) in [5.41, 5.74) is 3.23. The molecule has 0 aliphatic carbocycles. The SMILES string of the molecule is Cc1n[nH]c(C)c1CCC(=O)NCC(O)c1ccc(Cl)c(F)c1. The third-order valence-electron chi connectivity index (χ3n) is 3.70. The van der Waals surface area contributed by atoms with Crippen molar-refractivity contribution in [2.75, 3.05) is 6.54 Å². The number of amides is 1. The Morgan fingerprint density at radius 3 is 2.83 bits per heavy atom. The highest BCUT2D eigenvalue weighted by molar-refractivity contribution is 6.30. The molecular formula is C16H19ClFN3O2. The highest BCUT2D eigenvalue weighted by atomic mass is 35.5. The van der Waals surface area contributed by atoms with Gasteiger partial charge in [0.1, 0.15) is 5.82 Å². The molecule has 1 heterocycles. The van der Waals surface area contributed by atoms with Crippen molar-refractivity contribution in [3.63, 3.8) is 0 Å². The van der Waals surface area contributed by atoms with Gasteiger partial charge in [0, 0.05) is 18.7 Å². The number of aromatic amines is 1. The Kier molecular flexibility index (Phi) is 5.74. The maximum Gasteiger partial charge on any atom is 0.220 e. The van der Waals surface area contributed by atoms with Gasteiger partial charge in [-0.25, -0.2) is 4.39 Å². The Labute approximate surface area is 138 Å². The van der Waals surface area contributed by atoms with E-state index in [0.29, 0.717) is 18.4 Å². The van der Waals surface area contributed by atoms with E-state index >= 15 is 0 Å². The van der Waals surface area contributed by atoms with Gasteiger partial charge in [-0.3, -0.25) is 9.89 Å². The Hall–Kier alpha value is -1.92. The van der Waals surface area contributed by atoms with Crippen molar-refractivity contribution in [3.05, 3.63) is 51.6 Å². The highest BCUT2D eigenvalue weighted by Crippen LogP contribution is 2.20. The number of aliphatic hydroxyl groups excluding tert-OH is 1. The Morgan fingerprint density at radius 2 is 2.22 bits per heavy atom. The van der Waals surface area contributed by atoms with Crippen molar-refractivity contribution >= 4 is 17.5 Å². The van der Waals surface area contributed by atoms with Crippen LogP contribution >= 0.6 is 11.6 Å². The fourth-order valence-corrected chi connectivity index (χ4v) is 2.43. The molecule has 2 aromatic rings. The fourth-order valence-electron chi connectivity index (χ4n) is 2.32. The van der Waals surface area contributed by atoms with E-state index in [1.165, 1.54) is 12.1 Å². The molecule has 5 nitrogen and oxygen atoms in total. The summed E-state index contributed by atoms with van der Waals surface area (Å²) in [5.74, 6) is -0.779. The molecule has 0 spiro atoms. The number of rotatable bonds is 6. The first-order chi connectivity index (χ1) is 10.9. The zero-order chi connectivity index (χ0) is 17.0. The molecular weight excluding hydrogens is 321 g/mol. The molecule has 124 valence electrons. The van der Waals surface area contributed by atoms with E-state index in [2.05, 4.69) is 15.5 Å². The average molecular weight is 340 g/mol. The predicted octanol–water partition coefficient (Wildman–Crippen LogP) is 2.60. The molecule has 1 aromatic heterocycles. The van der Waals surface area contributed by atoms with Gasteiger partial charge in [0.2, 0.25) is 5.91 Å². The molecule has 1 amide bonds. The zero-order valence-electron chi connectivity index (χ0n) is 13.0. The lowest BCUT2D eigenvalue weighted by atomic mass is 10.1. The van der Waals surface area contributed by atoms with Crippen LogP contribution < -0.4 is 5.32 Å². The summed E-state index contributed by atoms with van der Waals surface area (Å²) >= 11 is 5.59. The maximum absolute atomic E-state index is 13.4. The summed E-state index contributed by atoms with van der Waals surface area (Å²) in [6.07, 6.45) is -0.114. The van der Waals surface area contributed by atoms with Gasteiger partial charge in [0.05, 0.1) is 16.8 Å². The monoisotopic (exact) mass is 339 g/mol. The molecule has 0 aliphatic heterocycles. The summed E-state index contributed by atoms with van der Waals surface area (Å²) in [7, 11) is 0. The lowest BCUT2D eigenvalue weighted by Gasteiger charge is -2.13. The lowest BCUT2D eigenvalue weighted by Crippen LogP contribution is -2.28. The number of nitrogens with one attached hydrogen (secondary N) is 2. The molecule has 7 heteroatoms. The van der Waals surface area contributed by atoms with E-state index < -0.39 is 11.9 Å². The molecule has 1 unspecified atom stereocenters. The topological polar surface area (TPSA) is 78.0 Å². The number of halogens is 2. The number of carbonyl (C=O) groups is 1. The van der Waals surface area contributed by atoms with E-state index in [1.54, 1.807) is 0 Å². The van der Waals surface area contributed by atoms with E-state index in [1.807, 2.05) is 13.8 Å². The van der Waals surface area contributed by atoms with Gasteiger partial charge < -0.3 is 10.4 Å². The van der Waals surface area contributed by atoms with Crippen LogP contribution in [0.15, 0.2) is 18.2 Å². The van der Waals surface area contributed by atoms with E-state index in [-0.39, 0.29) is 17.5 Å². The minimum absolute atomic E-state index is 0.00385. The van der Waals surface area contributed by atoms with Crippen LogP contribution in [-0.2, 0) is 11.2 Å². The summed E-state index contributed by atoms with van der Waals surface area (Å²) in [6.45, 7) is 3.81. The predicted molar refractivity (Wildman–Crippen MR) is 85.8 cm³/mol. The van der Waals surface area contributed by atoms with Gasteiger partial charge in [-0.2, -0.15) is 5.10 Å². The second-order valence-electron chi connectivity index (χ2n) is 5.41. The lowest BCUT2D eigenvalue weighted by molar-refractivity contribution is -0.121. The number of nitrogens with zero attached hydrogens (tertiary/aromatic N) is 1. The number of hydrogen-bond donors (Lipinski definition) is 3. The smallest absolute Gasteiger partial charge is 0.220 e. The first-order valence-corrected chi connectivity index (χ1v) is 7.66. The number of hydrogen-bond acceptors (Lipinski definition) is 3. The van der Waals surface area contributed by atoms with Crippen LogP contribution in [0.5, 0.6) is 0 Å². The van der Waals surface area contributed by atoms with Crippen molar-refractivity contribution in [1.82, 2.24) is 15.5 Å². The van der Waals surface area contributed by atoms with Crippen molar-refractivity contribution in [2.24, 2.45) is 0 Å². The average Bonchev–Trinajstić information content (AvgIpc) is 2.84. The van der Waals surface area contributed by atoms with Crippen LogP contribution in [0, 0.1) is 19.7 Å². The number of aliphatic hydroxyl groups is 1. The van der Waals surface area contributed by atoms with Gasteiger partial charge in [0.15, 0.2) is 0 Å². The van der Waals surface area contributed by atoms with Crippen molar-refractivity contribution in [1.29, 1.82) is 0 Å². The quantitative estimate of drug-likeness (QED) is 0.757. The molecule has 0 saturated carbocycles. The van der Waals surface area contributed by atoms with Crippen molar-refractivity contribution in [3.8, 4) is 0 Å². The van der Waals surface area contributed by atoms with E-state index in [9.17, 15) is 14.3 Å². The van der Waals surface area contributed by atoms with Crippen LogP contribution in [-0.4, -0.2) is 27.8 Å². The first kappa shape index (κ1) is 17.4. The van der Waals surface area contributed by atoms with Gasteiger partial charge in [0.25, 0.3) is 0 Å². The van der Waals surface area contributed by atoms with Crippen LogP contribution in [0.25, 0.3) is 0 Å². The second kappa shape index (κ2) is 7.57. The maximum atomic E-state index is 13.4. The van der Waals surface area contributed by atoms with Gasteiger partial charge >= 0.3 is 0 Å². The van der Waals surface area contributed by atoms with E-state index in [4.69, 9.17) is 11.6 Å². The summed E-state index contributed by atoms with van der Waals surface area (Å²) in [4.78, 5) is 11.9. The number of aryl methyl sites for hydroxylation is 2. The van der Waals surface area contributed by atoms with Gasteiger partial charge in [-0.15, -0.1) is 0 Å². The van der Waals surface area contributed by atoms with Crippen molar-refractivity contribution < 1.29 is 14.3 Å². The largest absolute Gasteiger partial charge is 0.387 e.